The van der Waals surface area contributed by atoms with Crippen molar-refractivity contribution in [3.05, 3.63) is 18.2 Å². The van der Waals surface area contributed by atoms with Gasteiger partial charge in [0.1, 0.15) is 0 Å². The molecule has 0 unspecified atom stereocenters. The van der Waals surface area contributed by atoms with Crippen LogP contribution < -0.4 is 9.47 Å². The normalized spacial score (nSPS) is 25.7. The van der Waals surface area contributed by atoms with E-state index in [1.165, 1.54) is 50.3 Å². The minimum Gasteiger partial charge on any atom is -0.493 e. The van der Waals surface area contributed by atoms with Gasteiger partial charge in [-0.2, -0.15) is 4.31 Å². The minimum atomic E-state index is -3.64. The van der Waals surface area contributed by atoms with Crippen LogP contribution in [0.25, 0.3) is 0 Å². The Morgan fingerprint density at radius 1 is 0.903 bits per heavy atom. The third-order valence-electron chi connectivity index (χ3n) is 7.40. The second-order valence-corrected chi connectivity index (χ2v) is 11.0. The lowest BCUT2D eigenvalue weighted by Crippen LogP contribution is -2.49. The van der Waals surface area contributed by atoms with Crippen molar-refractivity contribution in [1.82, 2.24) is 9.21 Å². The summed E-state index contributed by atoms with van der Waals surface area (Å²) in [6.45, 7) is 2.50. The average molecular weight is 451 g/mol. The molecule has 172 valence electrons. The van der Waals surface area contributed by atoms with Crippen LogP contribution in [0.15, 0.2) is 23.1 Å². The molecule has 3 aliphatic rings. The molecule has 1 saturated carbocycles. The van der Waals surface area contributed by atoms with Gasteiger partial charge >= 0.3 is 0 Å². The van der Waals surface area contributed by atoms with E-state index in [0.717, 1.165) is 25.4 Å². The Labute approximate surface area is 185 Å². The number of sulfonamides is 1. The van der Waals surface area contributed by atoms with Gasteiger partial charge < -0.3 is 14.4 Å². The van der Waals surface area contributed by atoms with E-state index in [1.54, 1.807) is 12.1 Å². The second kappa shape index (κ2) is 9.36. The molecule has 2 aliphatic heterocycles. The summed E-state index contributed by atoms with van der Waals surface area (Å²) in [5.74, 6) is 2.50. The van der Waals surface area contributed by atoms with Crippen molar-refractivity contribution < 1.29 is 22.7 Å². The number of methoxy groups -OCH3 is 2. The first-order valence-corrected chi connectivity index (χ1v) is 12.9. The molecule has 2 saturated heterocycles. The van der Waals surface area contributed by atoms with Crippen molar-refractivity contribution in [2.45, 2.75) is 49.8 Å². The smallest absolute Gasteiger partial charge is 0.243 e. The summed E-state index contributed by atoms with van der Waals surface area (Å²) in [5.41, 5.74) is 0. The Morgan fingerprint density at radius 3 is 2.26 bits per heavy atom. The van der Waals surface area contributed by atoms with Gasteiger partial charge in [-0.05, 0) is 49.7 Å². The number of rotatable bonds is 5. The molecule has 0 bridgehead atoms. The first-order chi connectivity index (χ1) is 14.9. The van der Waals surface area contributed by atoms with E-state index in [-0.39, 0.29) is 16.7 Å². The highest BCUT2D eigenvalue weighted by atomic mass is 32.2. The molecule has 7 nitrogen and oxygen atoms in total. The van der Waals surface area contributed by atoms with E-state index in [4.69, 9.17) is 9.47 Å². The Bertz CT molecular complexity index is 895. The van der Waals surface area contributed by atoms with Crippen molar-refractivity contribution in [2.24, 2.45) is 17.8 Å². The number of ether oxygens (including phenoxy) is 2. The summed E-state index contributed by atoms with van der Waals surface area (Å²) in [7, 11) is -0.631. The van der Waals surface area contributed by atoms with Crippen molar-refractivity contribution in [2.75, 3.05) is 40.4 Å². The fourth-order valence-corrected chi connectivity index (χ4v) is 7.01. The number of amides is 1. The summed E-state index contributed by atoms with van der Waals surface area (Å²) < 4.78 is 38.2. The number of hydrogen-bond donors (Lipinski definition) is 0. The maximum atomic E-state index is 13.1. The molecule has 3 fully saturated rings. The fraction of sp³-hybridized carbons (Fsp3) is 0.696. The molecule has 1 aromatic rings. The van der Waals surface area contributed by atoms with E-state index >= 15 is 0 Å². The molecular weight excluding hydrogens is 416 g/mol. The van der Waals surface area contributed by atoms with Crippen LogP contribution in [0.5, 0.6) is 11.5 Å². The predicted molar refractivity (Wildman–Crippen MR) is 118 cm³/mol. The van der Waals surface area contributed by atoms with Crippen LogP contribution in [0.1, 0.15) is 44.9 Å². The lowest BCUT2D eigenvalue weighted by molar-refractivity contribution is -0.139. The number of benzene rings is 1. The highest BCUT2D eigenvalue weighted by Gasteiger charge is 2.38. The number of carbonyl (C=O) groups is 1. The third-order valence-corrected chi connectivity index (χ3v) is 9.29. The fourth-order valence-electron chi connectivity index (χ4n) is 5.53. The lowest BCUT2D eigenvalue weighted by Gasteiger charge is -2.43. The maximum absolute atomic E-state index is 13.1. The Balaban J connectivity index is 1.37. The molecule has 8 heteroatoms. The first kappa shape index (κ1) is 22.4. The predicted octanol–water partition coefficient (Wildman–Crippen LogP) is 3.14. The molecule has 31 heavy (non-hydrogen) atoms. The number of fused-ring (bicyclic) bond motifs is 1. The Morgan fingerprint density at radius 2 is 1.58 bits per heavy atom. The number of likely N-dealkylation sites (tertiary alicyclic amines) is 1. The third kappa shape index (κ3) is 4.55. The van der Waals surface area contributed by atoms with Crippen LogP contribution in [-0.2, 0) is 14.8 Å². The zero-order valence-electron chi connectivity index (χ0n) is 18.6. The molecule has 1 aliphatic carbocycles. The van der Waals surface area contributed by atoms with Gasteiger partial charge in [0.2, 0.25) is 15.9 Å². The van der Waals surface area contributed by atoms with Crippen LogP contribution in [-0.4, -0.2) is 63.9 Å². The average Bonchev–Trinajstić information content (AvgIpc) is 2.82. The van der Waals surface area contributed by atoms with Crippen LogP contribution >= 0.6 is 0 Å². The van der Waals surface area contributed by atoms with Gasteiger partial charge in [0.05, 0.1) is 19.1 Å². The van der Waals surface area contributed by atoms with Crippen molar-refractivity contribution in [1.29, 1.82) is 0 Å². The Kier molecular flexibility index (Phi) is 6.77. The van der Waals surface area contributed by atoms with E-state index in [1.807, 2.05) is 0 Å². The van der Waals surface area contributed by atoms with E-state index < -0.39 is 10.0 Å². The van der Waals surface area contributed by atoms with Crippen molar-refractivity contribution in [3.63, 3.8) is 0 Å². The number of nitrogens with zero attached hydrogens (tertiary/aromatic N) is 2. The van der Waals surface area contributed by atoms with Gasteiger partial charge in [-0.3, -0.25) is 4.79 Å². The zero-order chi connectivity index (χ0) is 22.0. The van der Waals surface area contributed by atoms with Gasteiger partial charge in [0.15, 0.2) is 11.5 Å². The summed E-state index contributed by atoms with van der Waals surface area (Å²) >= 11 is 0. The van der Waals surface area contributed by atoms with Gasteiger partial charge in [-0.15, -0.1) is 0 Å². The van der Waals surface area contributed by atoms with E-state index in [9.17, 15) is 13.2 Å². The van der Waals surface area contributed by atoms with E-state index in [2.05, 4.69) is 4.90 Å². The number of piperidine rings is 2. The largest absolute Gasteiger partial charge is 0.493 e. The number of carbonyl (C=O) groups excluding carboxylic acids is 1. The van der Waals surface area contributed by atoms with Crippen LogP contribution in [0.2, 0.25) is 0 Å². The van der Waals surface area contributed by atoms with Gasteiger partial charge in [-0.1, -0.05) is 19.3 Å². The molecule has 2 atom stereocenters. The molecule has 0 N–H and O–H groups in total. The van der Waals surface area contributed by atoms with Crippen LogP contribution in [0.4, 0.5) is 0 Å². The Hall–Kier alpha value is -1.80. The summed E-state index contributed by atoms with van der Waals surface area (Å²) in [5, 5.41) is 0. The molecule has 1 aromatic carbocycles. The second-order valence-electron chi connectivity index (χ2n) is 9.07. The zero-order valence-corrected chi connectivity index (χ0v) is 19.4. The van der Waals surface area contributed by atoms with Gasteiger partial charge in [-0.25, -0.2) is 8.42 Å². The SMILES string of the molecule is COc1ccc(S(=O)(=O)N2CCC(C(=O)N3CC[C@@H]4CCCC[C@H]4C3)CC2)cc1OC. The molecule has 0 aromatic heterocycles. The highest BCUT2D eigenvalue weighted by molar-refractivity contribution is 7.89. The first-order valence-electron chi connectivity index (χ1n) is 11.4. The van der Waals surface area contributed by atoms with Crippen LogP contribution in [0.3, 0.4) is 0 Å². The molecule has 0 spiro atoms. The van der Waals surface area contributed by atoms with Crippen LogP contribution in [0, 0.1) is 17.8 Å². The monoisotopic (exact) mass is 450 g/mol. The van der Waals surface area contributed by atoms with Crippen molar-refractivity contribution >= 4 is 15.9 Å². The standard InChI is InChI=1S/C23H34N2O5S/c1-29-21-8-7-20(15-22(21)30-2)31(27,28)25-13-10-18(11-14-25)23(26)24-12-9-17-5-3-4-6-19(17)16-24/h7-8,15,17-19H,3-6,9-14,16H2,1-2H3/t17-,19-/m0/s1. The maximum Gasteiger partial charge on any atom is 0.243 e. The molecule has 2 heterocycles. The lowest BCUT2D eigenvalue weighted by atomic mass is 9.75. The number of hydrogen-bond acceptors (Lipinski definition) is 5. The summed E-state index contributed by atoms with van der Waals surface area (Å²) in [6, 6.07) is 4.65. The molecule has 0 radical (unpaired) electrons. The van der Waals surface area contributed by atoms with E-state index in [0.29, 0.717) is 43.3 Å². The minimum absolute atomic E-state index is 0.0722. The molecule has 4 rings (SSSR count). The molecular formula is C23H34N2O5S. The topological polar surface area (TPSA) is 76.2 Å². The summed E-state index contributed by atoms with van der Waals surface area (Å²) in [4.78, 5) is 15.4. The van der Waals surface area contributed by atoms with Crippen molar-refractivity contribution in [3.8, 4) is 11.5 Å². The van der Waals surface area contributed by atoms with Gasteiger partial charge in [0.25, 0.3) is 0 Å². The summed E-state index contributed by atoms with van der Waals surface area (Å²) in [6.07, 6.45) is 7.47. The quantitative estimate of drug-likeness (QED) is 0.689. The highest BCUT2D eigenvalue weighted by Crippen LogP contribution is 2.37. The molecule has 1 amide bonds. The van der Waals surface area contributed by atoms with Gasteiger partial charge in [0, 0.05) is 38.2 Å².